The predicted molar refractivity (Wildman–Crippen MR) is 79.0 cm³/mol. The summed E-state index contributed by atoms with van der Waals surface area (Å²) in [6.45, 7) is 1.02. The number of ether oxygens (including phenoxy) is 1. The molecule has 0 saturated carbocycles. The molecular weight excluding hydrogens is 250 g/mol. The van der Waals surface area contributed by atoms with Gasteiger partial charge in [-0.1, -0.05) is 12.1 Å². The molecule has 0 radical (unpaired) electrons. The molecule has 0 bridgehead atoms. The van der Waals surface area contributed by atoms with Crippen LogP contribution in [-0.2, 0) is 19.9 Å². The van der Waals surface area contributed by atoms with E-state index in [1.165, 1.54) is 16.7 Å². The normalized spacial score (nSPS) is 17.8. The Morgan fingerprint density at radius 2 is 2.35 bits per heavy atom. The van der Waals surface area contributed by atoms with Crippen LogP contribution in [0.1, 0.15) is 29.2 Å². The van der Waals surface area contributed by atoms with Crippen molar-refractivity contribution in [1.29, 1.82) is 0 Å². The second-order valence-corrected chi connectivity index (χ2v) is 5.35. The van der Waals surface area contributed by atoms with Crippen molar-refractivity contribution >= 4 is 0 Å². The van der Waals surface area contributed by atoms with Crippen molar-refractivity contribution in [1.82, 2.24) is 15.1 Å². The highest BCUT2D eigenvalue weighted by Gasteiger charge is 2.21. The van der Waals surface area contributed by atoms with Gasteiger partial charge in [0.25, 0.3) is 0 Å². The van der Waals surface area contributed by atoms with Crippen molar-refractivity contribution in [2.75, 3.05) is 13.7 Å². The molecule has 1 N–H and O–H groups in total. The average molecular weight is 271 g/mol. The van der Waals surface area contributed by atoms with E-state index in [9.17, 15) is 0 Å². The Labute approximate surface area is 119 Å². The van der Waals surface area contributed by atoms with Gasteiger partial charge in [-0.3, -0.25) is 4.68 Å². The summed E-state index contributed by atoms with van der Waals surface area (Å²) in [5.74, 6) is 1.02. The molecule has 20 heavy (non-hydrogen) atoms. The van der Waals surface area contributed by atoms with Gasteiger partial charge >= 0.3 is 0 Å². The number of aryl methyl sites for hydroxylation is 2. The van der Waals surface area contributed by atoms with Crippen LogP contribution in [0, 0.1) is 0 Å². The molecule has 0 spiro atoms. The third-order valence-electron chi connectivity index (χ3n) is 4.01. The third kappa shape index (κ3) is 2.56. The molecule has 1 aromatic heterocycles. The van der Waals surface area contributed by atoms with Gasteiger partial charge < -0.3 is 10.1 Å². The standard InChI is InChI=1S/C16H21N3O/c1-19-11-12(10-18-19)6-7-15-13-4-3-5-16(20-2)14(13)8-9-17-15/h3-5,10-11,15,17H,6-9H2,1-2H3. The third-order valence-corrected chi connectivity index (χ3v) is 4.01. The fourth-order valence-electron chi connectivity index (χ4n) is 3.02. The molecule has 1 aliphatic heterocycles. The van der Waals surface area contributed by atoms with Gasteiger partial charge in [-0.15, -0.1) is 0 Å². The molecule has 2 heterocycles. The van der Waals surface area contributed by atoms with Crippen LogP contribution in [0.5, 0.6) is 5.75 Å². The zero-order valence-electron chi connectivity index (χ0n) is 12.1. The van der Waals surface area contributed by atoms with Gasteiger partial charge in [0.2, 0.25) is 0 Å². The molecule has 0 aliphatic carbocycles. The number of methoxy groups -OCH3 is 1. The van der Waals surface area contributed by atoms with E-state index < -0.39 is 0 Å². The fourth-order valence-corrected chi connectivity index (χ4v) is 3.02. The fraction of sp³-hybridized carbons (Fsp3) is 0.438. The Morgan fingerprint density at radius 3 is 3.10 bits per heavy atom. The Hall–Kier alpha value is -1.81. The van der Waals surface area contributed by atoms with Crippen molar-refractivity contribution in [3.63, 3.8) is 0 Å². The number of hydrogen-bond acceptors (Lipinski definition) is 3. The summed E-state index contributed by atoms with van der Waals surface area (Å²) >= 11 is 0. The number of fused-ring (bicyclic) bond motifs is 1. The minimum Gasteiger partial charge on any atom is -0.496 e. The average Bonchev–Trinajstić information content (AvgIpc) is 2.90. The summed E-state index contributed by atoms with van der Waals surface area (Å²) in [6.07, 6.45) is 7.22. The van der Waals surface area contributed by atoms with Crippen LogP contribution in [0.2, 0.25) is 0 Å². The van der Waals surface area contributed by atoms with Crippen LogP contribution in [0.25, 0.3) is 0 Å². The second kappa shape index (κ2) is 5.67. The lowest BCUT2D eigenvalue weighted by molar-refractivity contribution is 0.398. The molecule has 4 nitrogen and oxygen atoms in total. The van der Waals surface area contributed by atoms with E-state index in [1.54, 1.807) is 7.11 Å². The van der Waals surface area contributed by atoms with Crippen molar-refractivity contribution < 1.29 is 4.74 Å². The van der Waals surface area contributed by atoms with Crippen LogP contribution in [-0.4, -0.2) is 23.4 Å². The van der Waals surface area contributed by atoms with Gasteiger partial charge in [-0.25, -0.2) is 0 Å². The monoisotopic (exact) mass is 271 g/mol. The first-order chi connectivity index (χ1) is 9.78. The first-order valence-electron chi connectivity index (χ1n) is 7.14. The summed E-state index contributed by atoms with van der Waals surface area (Å²) in [4.78, 5) is 0. The van der Waals surface area contributed by atoms with Crippen LogP contribution < -0.4 is 10.1 Å². The van der Waals surface area contributed by atoms with Gasteiger partial charge in [0.05, 0.1) is 13.3 Å². The molecule has 0 saturated heterocycles. The molecule has 3 rings (SSSR count). The SMILES string of the molecule is COc1cccc2c1CCNC2CCc1cnn(C)c1. The summed E-state index contributed by atoms with van der Waals surface area (Å²) in [6, 6.07) is 6.77. The molecule has 1 atom stereocenters. The van der Waals surface area contributed by atoms with Crippen molar-refractivity contribution in [3.8, 4) is 5.75 Å². The molecule has 1 unspecified atom stereocenters. The van der Waals surface area contributed by atoms with Crippen LogP contribution >= 0.6 is 0 Å². The molecule has 1 aromatic carbocycles. The highest BCUT2D eigenvalue weighted by Crippen LogP contribution is 2.32. The minimum absolute atomic E-state index is 0.411. The van der Waals surface area contributed by atoms with Crippen molar-refractivity contribution in [3.05, 3.63) is 47.3 Å². The highest BCUT2D eigenvalue weighted by atomic mass is 16.5. The van der Waals surface area contributed by atoms with E-state index in [2.05, 4.69) is 34.8 Å². The molecule has 1 aliphatic rings. The zero-order chi connectivity index (χ0) is 13.9. The molecule has 0 fully saturated rings. The highest BCUT2D eigenvalue weighted by molar-refractivity contribution is 5.43. The maximum absolute atomic E-state index is 5.49. The maximum atomic E-state index is 5.49. The number of benzene rings is 1. The second-order valence-electron chi connectivity index (χ2n) is 5.35. The first-order valence-corrected chi connectivity index (χ1v) is 7.14. The lowest BCUT2D eigenvalue weighted by Gasteiger charge is -2.28. The van der Waals surface area contributed by atoms with Crippen molar-refractivity contribution in [2.24, 2.45) is 7.05 Å². The number of nitrogens with zero attached hydrogens (tertiary/aromatic N) is 2. The molecule has 2 aromatic rings. The molecule has 0 amide bonds. The Morgan fingerprint density at radius 1 is 1.45 bits per heavy atom. The number of nitrogens with one attached hydrogen (secondary N) is 1. The van der Waals surface area contributed by atoms with E-state index in [1.807, 2.05) is 17.9 Å². The van der Waals surface area contributed by atoms with E-state index in [0.29, 0.717) is 6.04 Å². The van der Waals surface area contributed by atoms with E-state index in [4.69, 9.17) is 4.74 Å². The number of rotatable bonds is 4. The van der Waals surface area contributed by atoms with Gasteiger partial charge in [0.1, 0.15) is 5.75 Å². The quantitative estimate of drug-likeness (QED) is 0.927. The minimum atomic E-state index is 0.411. The van der Waals surface area contributed by atoms with Gasteiger partial charge in [0.15, 0.2) is 0 Å². The number of aromatic nitrogens is 2. The first kappa shape index (κ1) is 13.2. The van der Waals surface area contributed by atoms with E-state index in [-0.39, 0.29) is 0 Å². The number of hydrogen-bond donors (Lipinski definition) is 1. The topological polar surface area (TPSA) is 39.1 Å². The zero-order valence-corrected chi connectivity index (χ0v) is 12.1. The summed E-state index contributed by atoms with van der Waals surface area (Å²) in [5.41, 5.74) is 4.05. The summed E-state index contributed by atoms with van der Waals surface area (Å²) in [7, 11) is 3.71. The molecular formula is C16H21N3O. The molecule has 4 heteroatoms. The summed E-state index contributed by atoms with van der Waals surface area (Å²) < 4.78 is 7.35. The van der Waals surface area contributed by atoms with E-state index in [0.717, 1.165) is 31.6 Å². The lowest BCUT2D eigenvalue weighted by atomic mass is 9.90. The summed E-state index contributed by atoms with van der Waals surface area (Å²) in [5, 5.41) is 7.85. The Balaban J connectivity index is 1.76. The van der Waals surface area contributed by atoms with Gasteiger partial charge in [0, 0.05) is 24.8 Å². The lowest BCUT2D eigenvalue weighted by Crippen LogP contribution is -2.30. The van der Waals surface area contributed by atoms with E-state index >= 15 is 0 Å². The van der Waals surface area contributed by atoms with Gasteiger partial charge in [-0.05, 0) is 43.0 Å². The van der Waals surface area contributed by atoms with Crippen LogP contribution in [0.4, 0.5) is 0 Å². The van der Waals surface area contributed by atoms with Crippen LogP contribution in [0.3, 0.4) is 0 Å². The largest absolute Gasteiger partial charge is 0.496 e. The van der Waals surface area contributed by atoms with Gasteiger partial charge in [-0.2, -0.15) is 5.10 Å². The van der Waals surface area contributed by atoms with Crippen LogP contribution in [0.15, 0.2) is 30.6 Å². The smallest absolute Gasteiger partial charge is 0.122 e. The van der Waals surface area contributed by atoms with Crippen molar-refractivity contribution in [2.45, 2.75) is 25.3 Å². The molecule has 106 valence electrons. The Bertz CT molecular complexity index is 591. The Kier molecular flexibility index (Phi) is 3.74. The predicted octanol–water partition coefficient (Wildman–Crippen LogP) is 2.25. The maximum Gasteiger partial charge on any atom is 0.122 e.